The zero-order valence-electron chi connectivity index (χ0n) is 15.1. The average molecular weight is 366 g/mol. The molecule has 1 heterocycles. The van der Waals surface area contributed by atoms with Crippen LogP contribution < -0.4 is 10.9 Å². The van der Waals surface area contributed by atoms with Crippen molar-refractivity contribution in [3.8, 4) is 0 Å². The molecule has 3 aromatic rings. The predicted molar refractivity (Wildman–Crippen MR) is 101 cm³/mol. The van der Waals surface area contributed by atoms with Crippen LogP contribution in [0.3, 0.4) is 0 Å². The minimum atomic E-state index is -0.791. The first-order valence-corrected chi connectivity index (χ1v) is 8.36. The summed E-state index contributed by atoms with van der Waals surface area (Å²) in [7, 11) is 0. The molecule has 1 atom stereocenters. The molecule has 0 spiro atoms. The Kier molecular flexibility index (Phi) is 4.77. The van der Waals surface area contributed by atoms with E-state index in [0.29, 0.717) is 5.39 Å². The number of hydrogen-bond donors (Lipinski definition) is 1. The highest BCUT2D eigenvalue weighted by molar-refractivity contribution is 5.97. The molecule has 0 fully saturated rings. The molecule has 1 unspecified atom stereocenters. The first-order chi connectivity index (χ1) is 12.8. The maximum Gasteiger partial charge on any atom is 0.349 e. The van der Waals surface area contributed by atoms with E-state index in [-0.39, 0.29) is 22.9 Å². The largest absolute Gasteiger partial charge is 0.422 e. The third-order valence-corrected chi connectivity index (χ3v) is 4.55. The monoisotopic (exact) mass is 366 g/mol. The summed E-state index contributed by atoms with van der Waals surface area (Å²) in [4.78, 5) is 35.1. The number of aryl methyl sites for hydroxylation is 2. The molecule has 0 aliphatic carbocycles. The van der Waals surface area contributed by atoms with Gasteiger partial charge >= 0.3 is 5.63 Å². The molecule has 0 radical (unpaired) electrons. The molecule has 0 bridgehead atoms. The molecule has 3 rings (SSSR count). The number of hydrogen-bond acceptors (Lipinski definition) is 5. The summed E-state index contributed by atoms with van der Waals surface area (Å²) >= 11 is 0. The first-order valence-electron chi connectivity index (χ1n) is 8.36. The number of nitrogens with zero attached hydrogens (tertiary/aromatic N) is 1. The minimum Gasteiger partial charge on any atom is -0.422 e. The quantitative estimate of drug-likeness (QED) is 0.430. The summed E-state index contributed by atoms with van der Waals surface area (Å²) in [5.41, 5.74) is 2.21. The number of amides is 1. The van der Waals surface area contributed by atoms with Crippen molar-refractivity contribution in [1.29, 1.82) is 0 Å². The lowest BCUT2D eigenvalue weighted by atomic mass is 10.0. The Morgan fingerprint density at radius 1 is 1.11 bits per heavy atom. The van der Waals surface area contributed by atoms with E-state index in [2.05, 4.69) is 5.32 Å². The van der Waals surface area contributed by atoms with Crippen molar-refractivity contribution in [2.24, 2.45) is 0 Å². The Labute approximate surface area is 154 Å². The van der Waals surface area contributed by atoms with Gasteiger partial charge in [0.2, 0.25) is 0 Å². The Morgan fingerprint density at radius 3 is 2.52 bits per heavy atom. The number of non-ortho nitro benzene ring substituents is 1. The molecule has 2 aromatic carbocycles. The predicted octanol–water partition coefficient (Wildman–Crippen LogP) is 3.81. The third kappa shape index (κ3) is 3.72. The number of benzene rings is 2. The van der Waals surface area contributed by atoms with E-state index in [4.69, 9.17) is 4.42 Å². The number of nitro groups is 1. The van der Waals surface area contributed by atoms with Gasteiger partial charge in [0, 0.05) is 17.5 Å². The van der Waals surface area contributed by atoms with Crippen molar-refractivity contribution in [3.63, 3.8) is 0 Å². The lowest BCUT2D eigenvalue weighted by Crippen LogP contribution is -2.30. The molecule has 1 amide bonds. The van der Waals surface area contributed by atoms with Gasteiger partial charge in [-0.15, -0.1) is 0 Å². The van der Waals surface area contributed by atoms with Gasteiger partial charge in [-0.05, 0) is 49.6 Å². The Morgan fingerprint density at radius 2 is 1.85 bits per heavy atom. The van der Waals surface area contributed by atoms with Crippen LogP contribution in [-0.4, -0.2) is 10.8 Å². The fraction of sp³-hybridized carbons (Fsp3) is 0.200. The fourth-order valence-corrected chi connectivity index (χ4v) is 2.77. The van der Waals surface area contributed by atoms with Gasteiger partial charge in [0.15, 0.2) is 0 Å². The second kappa shape index (κ2) is 7.03. The van der Waals surface area contributed by atoms with Crippen LogP contribution in [0.2, 0.25) is 0 Å². The van der Waals surface area contributed by atoms with Crippen LogP contribution in [0.4, 0.5) is 5.69 Å². The second-order valence-corrected chi connectivity index (χ2v) is 6.47. The van der Waals surface area contributed by atoms with E-state index in [1.165, 1.54) is 24.3 Å². The smallest absolute Gasteiger partial charge is 0.349 e. The summed E-state index contributed by atoms with van der Waals surface area (Å²) in [6.07, 6.45) is 0. The van der Waals surface area contributed by atoms with Gasteiger partial charge in [0.25, 0.3) is 11.6 Å². The van der Waals surface area contributed by atoms with Crippen LogP contribution in [0.15, 0.2) is 51.7 Å². The maximum absolute atomic E-state index is 12.6. The molecule has 27 heavy (non-hydrogen) atoms. The van der Waals surface area contributed by atoms with Gasteiger partial charge < -0.3 is 9.73 Å². The normalized spacial score (nSPS) is 12.0. The molecule has 0 saturated heterocycles. The number of carbonyl (C=O) groups excluding carboxylic acids is 1. The van der Waals surface area contributed by atoms with Gasteiger partial charge in [0.1, 0.15) is 11.1 Å². The lowest BCUT2D eigenvalue weighted by Gasteiger charge is -2.15. The Balaban J connectivity index is 1.92. The van der Waals surface area contributed by atoms with Crippen molar-refractivity contribution < 1.29 is 14.1 Å². The van der Waals surface area contributed by atoms with Gasteiger partial charge in [-0.2, -0.15) is 0 Å². The Bertz CT molecular complexity index is 1120. The molecule has 0 aliphatic heterocycles. The fourth-order valence-electron chi connectivity index (χ4n) is 2.77. The van der Waals surface area contributed by atoms with Crippen LogP contribution in [-0.2, 0) is 0 Å². The van der Waals surface area contributed by atoms with E-state index >= 15 is 0 Å². The summed E-state index contributed by atoms with van der Waals surface area (Å²) in [5, 5.41) is 14.0. The number of nitro benzene ring substituents is 1. The summed E-state index contributed by atoms with van der Waals surface area (Å²) in [6.45, 7) is 5.80. The van der Waals surface area contributed by atoms with Gasteiger partial charge in [0.05, 0.1) is 11.0 Å². The SMILES string of the molecule is Cc1ccc(C(C)NC(=O)c2cc3cc([N+](=O)[O-])ccc3oc2=O)cc1C. The van der Waals surface area contributed by atoms with Crippen LogP contribution in [0.1, 0.15) is 40.0 Å². The Hall–Kier alpha value is -3.48. The number of nitrogens with one attached hydrogen (secondary N) is 1. The molecule has 7 nitrogen and oxygen atoms in total. The number of carbonyl (C=O) groups is 1. The van der Waals surface area contributed by atoms with Gasteiger partial charge in [-0.3, -0.25) is 14.9 Å². The summed E-state index contributed by atoms with van der Waals surface area (Å²) in [5.74, 6) is -0.595. The lowest BCUT2D eigenvalue weighted by molar-refractivity contribution is -0.384. The highest BCUT2D eigenvalue weighted by Gasteiger charge is 2.18. The zero-order valence-corrected chi connectivity index (χ0v) is 15.1. The van der Waals surface area contributed by atoms with Crippen LogP contribution in [0.25, 0.3) is 11.0 Å². The highest BCUT2D eigenvalue weighted by Crippen LogP contribution is 2.21. The third-order valence-electron chi connectivity index (χ3n) is 4.55. The molecule has 1 N–H and O–H groups in total. The minimum absolute atomic E-state index is 0.147. The van der Waals surface area contributed by atoms with Crippen LogP contribution >= 0.6 is 0 Å². The standard InChI is InChI=1S/C20H18N2O5/c1-11-4-5-14(8-12(11)2)13(3)21-19(23)17-10-15-9-16(22(25)26)6-7-18(15)27-20(17)24/h4-10,13H,1-3H3,(H,21,23). The van der Waals surface area contributed by atoms with Crippen molar-refractivity contribution in [1.82, 2.24) is 5.32 Å². The summed E-state index contributed by atoms with van der Waals surface area (Å²) < 4.78 is 5.13. The van der Waals surface area contributed by atoms with E-state index in [1.807, 2.05) is 39.0 Å². The van der Waals surface area contributed by atoms with Crippen molar-refractivity contribution in [2.45, 2.75) is 26.8 Å². The number of fused-ring (bicyclic) bond motifs is 1. The van der Waals surface area contributed by atoms with Crippen molar-refractivity contribution in [2.75, 3.05) is 0 Å². The molecule has 0 aliphatic rings. The van der Waals surface area contributed by atoms with E-state index in [9.17, 15) is 19.7 Å². The van der Waals surface area contributed by atoms with Gasteiger partial charge in [-0.1, -0.05) is 18.2 Å². The molecule has 1 aromatic heterocycles. The van der Waals surface area contributed by atoms with Crippen LogP contribution in [0.5, 0.6) is 0 Å². The van der Waals surface area contributed by atoms with Crippen LogP contribution in [0, 0.1) is 24.0 Å². The van der Waals surface area contributed by atoms with Gasteiger partial charge in [-0.25, -0.2) is 4.79 Å². The van der Waals surface area contributed by atoms with Crippen molar-refractivity contribution in [3.05, 3.63) is 85.3 Å². The maximum atomic E-state index is 12.6. The summed E-state index contributed by atoms with van der Waals surface area (Å²) in [6, 6.07) is 10.7. The molecule has 7 heteroatoms. The highest BCUT2D eigenvalue weighted by atomic mass is 16.6. The molecular formula is C20H18N2O5. The average Bonchev–Trinajstić information content (AvgIpc) is 2.62. The van der Waals surface area contributed by atoms with E-state index in [0.717, 1.165) is 16.7 Å². The molecular weight excluding hydrogens is 348 g/mol. The van der Waals surface area contributed by atoms with Crippen molar-refractivity contribution >= 4 is 22.6 Å². The molecule has 138 valence electrons. The number of rotatable bonds is 4. The topological polar surface area (TPSA) is 102 Å². The second-order valence-electron chi connectivity index (χ2n) is 6.47. The van der Waals surface area contributed by atoms with E-state index < -0.39 is 16.5 Å². The van der Waals surface area contributed by atoms with E-state index in [1.54, 1.807) is 0 Å². The molecule has 0 saturated carbocycles. The zero-order chi connectivity index (χ0) is 19.7. The first kappa shape index (κ1) is 18.3.